The summed E-state index contributed by atoms with van der Waals surface area (Å²) in [6.45, 7) is 7.18. The van der Waals surface area contributed by atoms with Gasteiger partial charge in [-0.15, -0.1) is 0 Å². The van der Waals surface area contributed by atoms with E-state index in [0.717, 1.165) is 18.1 Å². The molecule has 1 aliphatic rings. The monoisotopic (exact) mass is 296 g/mol. The number of halogens is 1. The average Bonchev–Trinajstić information content (AvgIpc) is 2.94. The molecule has 114 valence electrons. The first-order valence-electron chi connectivity index (χ1n) is 7.73. The van der Waals surface area contributed by atoms with E-state index in [1.807, 2.05) is 6.07 Å². The maximum absolute atomic E-state index is 14.2. The third-order valence-electron chi connectivity index (χ3n) is 4.14. The first-order chi connectivity index (χ1) is 10.6. The van der Waals surface area contributed by atoms with Crippen LogP contribution in [0.15, 0.2) is 53.5 Å². The SMILES string of the molecule is Cc1ccc(N2C[C@H](C(C)C)N=C2c2ccccc2F)cc1. The Labute approximate surface area is 131 Å². The minimum Gasteiger partial charge on any atom is -0.324 e. The Balaban J connectivity index is 2.03. The third kappa shape index (κ3) is 2.76. The van der Waals surface area contributed by atoms with E-state index in [-0.39, 0.29) is 11.9 Å². The predicted molar refractivity (Wildman–Crippen MR) is 90.1 cm³/mol. The fourth-order valence-corrected chi connectivity index (χ4v) is 2.71. The van der Waals surface area contributed by atoms with Crippen molar-refractivity contribution in [3.05, 3.63) is 65.5 Å². The molecule has 0 N–H and O–H groups in total. The summed E-state index contributed by atoms with van der Waals surface area (Å²) >= 11 is 0. The molecule has 0 radical (unpaired) electrons. The Kier molecular flexibility index (Phi) is 3.97. The fourth-order valence-electron chi connectivity index (χ4n) is 2.71. The van der Waals surface area contributed by atoms with Crippen LogP contribution in [-0.2, 0) is 0 Å². The van der Waals surface area contributed by atoms with Gasteiger partial charge in [0.05, 0.1) is 11.6 Å². The lowest BCUT2D eigenvalue weighted by molar-refractivity contribution is 0.521. The molecule has 0 bridgehead atoms. The molecule has 22 heavy (non-hydrogen) atoms. The lowest BCUT2D eigenvalue weighted by Gasteiger charge is -2.22. The maximum Gasteiger partial charge on any atom is 0.138 e. The quantitative estimate of drug-likeness (QED) is 0.818. The second-order valence-corrected chi connectivity index (χ2v) is 6.19. The van der Waals surface area contributed by atoms with Crippen molar-refractivity contribution in [3.8, 4) is 0 Å². The van der Waals surface area contributed by atoms with Gasteiger partial charge in [0, 0.05) is 12.2 Å². The number of aliphatic imine (C=N–C) groups is 1. The molecule has 3 heteroatoms. The molecule has 0 aromatic heterocycles. The van der Waals surface area contributed by atoms with Gasteiger partial charge in [0.2, 0.25) is 0 Å². The molecule has 3 rings (SSSR count). The van der Waals surface area contributed by atoms with E-state index >= 15 is 0 Å². The van der Waals surface area contributed by atoms with Crippen molar-refractivity contribution in [1.82, 2.24) is 0 Å². The van der Waals surface area contributed by atoms with E-state index in [1.54, 1.807) is 12.1 Å². The number of nitrogens with zero attached hydrogens (tertiary/aromatic N) is 2. The van der Waals surface area contributed by atoms with Crippen LogP contribution in [0, 0.1) is 18.7 Å². The van der Waals surface area contributed by atoms with Crippen molar-refractivity contribution in [1.29, 1.82) is 0 Å². The minimum absolute atomic E-state index is 0.191. The van der Waals surface area contributed by atoms with Gasteiger partial charge < -0.3 is 4.90 Å². The van der Waals surface area contributed by atoms with Crippen LogP contribution in [0.5, 0.6) is 0 Å². The zero-order valence-corrected chi connectivity index (χ0v) is 13.3. The van der Waals surface area contributed by atoms with Crippen molar-refractivity contribution in [3.63, 3.8) is 0 Å². The zero-order valence-electron chi connectivity index (χ0n) is 13.3. The van der Waals surface area contributed by atoms with Gasteiger partial charge in [0.25, 0.3) is 0 Å². The van der Waals surface area contributed by atoms with E-state index in [9.17, 15) is 4.39 Å². The van der Waals surface area contributed by atoms with Crippen LogP contribution < -0.4 is 4.90 Å². The van der Waals surface area contributed by atoms with E-state index < -0.39 is 0 Å². The smallest absolute Gasteiger partial charge is 0.138 e. The Bertz CT molecular complexity index is 689. The van der Waals surface area contributed by atoms with Crippen LogP contribution in [0.1, 0.15) is 25.0 Å². The van der Waals surface area contributed by atoms with Gasteiger partial charge in [-0.05, 0) is 37.1 Å². The molecule has 1 heterocycles. The van der Waals surface area contributed by atoms with Gasteiger partial charge in [0.1, 0.15) is 11.7 Å². The number of hydrogen-bond acceptors (Lipinski definition) is 2. The summed E-state index contributed by atoms with van der Waals surface area (Å²) in [6.07, 6.45) is 0. The Hall–Kier alpha value is -2.16. The topological polar surface area (TPSA) is 15.6 Å². The van der Waals surface area contributed by atoms with Gasteiger partial charge >= 0.3 is 0 Å². The Morgan fingerprint density at radius 3 is 2.41 bits per heavy atom. The fraction of sp³-hybridized carbons (Fsp3) is 0.316. The van der Waals surface area contributed by atoms with E-state index in [4.69, 9.17) is 4.99 Å². The van der Waals surface area contributed by atoms with Crippen molar-refractivity contribution in [2.75, 3.05) is 11.4 Å². The van der Waals surface area contributed by atoms with Crippen molar-refractivity contribution >= 4 is 11.5 Å². The first-order valence-corrected chi connectivity index (χ1v) is 7.73. The molecular formula is C19H21FN2. The molecule has 2 nitrogen and oxygen atoms in total. The van der Waals surface area contributed by atoms with Crippen molar-refractivity contribution < 1.29 is 4.39 Å². The number of anilines is 1. The van der Waals surface area contributed by atoms with Crippen LogP contribution >= 0.6 is 0 Å². The lowest BCUT2D eigenvalue weighted by Crippen LogP contribution is -2.31. The molecule has 0 amide bonds. The number of aryl methyl sites for hydroxylation is 1. The van der Waals surface area contributed by atoms with Gasteiger partial charge in [-0.25, -0.2) is 4.39 Å². The summed E-state index contributed by atoms with van der Waals surface area (Å²) in [5.41, 5.74) is 2.86. The summed E-state index contributed by atoms with van der Waals surface area (Å²) < 4.78 is 14.2. The molecule has 0 saturated heterocycles. The molecule has 0 fully saturated rings. The second kappa shape index (κ2) is 5.91. The molecule has 0 spiro atoms. The van der Waals surface area contributed by atoms with Crippen LogP contribution in [0.4, 0.5) is 10.1 Å². The number of amidine groups is 1. The largest absolute Gasteiger partial charge is 0.324 e. The van der Waals surface area contributed by atoms with E-state index in [0.29, 0.717) is 11.5 Å². The Morgan fingerprint density at radius 1 is 1.09 bits per heavy atom. The highest BCUT2D eigenvalue weighted by atomic mass is 19.1. The van der Waals surface area contributed by atoms with Crippen LogP contribution in [0.3, 0.4) is 0 Å². The van der Waals surface area contributed by atoms with Gasteiger partial charge in [-0.1, -0.05) is 43.7 Å². The molecule has 2 aromatic carbocycles. The highest BCUT2D eigenvalue weighted by Gasteiger charge is 2.30. The minimum atomic E-state index is -0.220. The first kappa shape index (κ1) is 14.8. The molecule has 0 aliphatic carbocycles. The summed E-state index contributed by atoms with van der Waals surface area (Å²) in [5.74, 6) is 0.945. The van der Waals surface area contributed by atoms with Gasteiger partial charge in [-0.2, -0.15) is 0 Å². The normalized spacial score (nSPS) is 18.0. The number of hydrogen-bond donors (Lipinski definition) is 0. The average molecular weight is 296 g/mol. The molecule has 0 unspecified atom stereocenters. The highest BCUT2D eigenvalue weighted by Crippen LogP contribution is 2.27. The number of rotatable bonds is 3. The van der Waals surface area contributed by atoms with E-state index in [1.165, 1.54) is 11.6 Å². The van der Waals surface area contributed by atoms with Crippen LogP contribution in [0.2, 0.25) is 0 Å². The second-order valence-electron chi connectivity index (χ2n) is 6.19. The summed E-state index contributed by atoms with van der Waals surface area (Å²) in [4.78, 5) is 6.93. The molecule has 0 saturated carbocycles. The summed E-state index contributed by atoms with van der Waals surface area (Å²) in [6, 6.07) is 15.4. The van der Waals surface area contributed by atoms with E-state index in [2.05, 4.69) is 49.9 Å². The number of benzene rings is 2. The molecule has 2 aromatic rings. The highest BCUT2D eigenvalue weighted by molar-refractivity contribution is 6.11. The van der Waals surface area contributed by atoms with Gasteiger partial charge in [0.15, 0.2) is 0 Å². The maximum atomic E-state index is 14.2. The predicted octanol–water partition coefficient (Wildman–Crippen LogP) is 4.43. The molecule has 1 atom stereocenters. The van der Waals surface area contributed by atoms with Crippen LogP contribution in [-0.4, -0.2) is 18.4 Å². The van der Waals surface area contributed by atoms with Crippen molar-refractivity contribution in [2.24, 2.45) is 10.9 Å². The lowest BCUT2D eigenvalue weighted by atomic mass is 10.1. The third-order valence-corrected chi connectivity index (χ3v) is 4.14. The standard InChI is InChI=1S/C19H21FN2/c1-13(2)18-12-22(15-10-8-14(3)9-11-15)19(21-18)16-6-4-5-7-17(16)20/h4-11,13,18H,12H2,1-3H3/t18-/m1/s1. The molecule has 1 aliphatic heterocycles. The summed E-state index contributed by atoms with van der Waals surface area (Å²) in [7, 11) is 0. The molecular weight excluding hydrogens is 275 g/mol. The van der Waals surface area contributed by atoms with Crippen LogP contribution in [0.25, 0.3) is 0 Å². The van der Waals surface area contributed by atoms with Gasteiger partial charge in [-0.3, -0.25) is 4.99 Å². The summed E-state index contributed by atoms with van der Waals surface area (Å²) in [5, 5.41) is 0. The van der Waals surface area contributed by atoms with Crippen molar-refractivity contribution in [2.45, 2.75) is 26.8 Å². The zero-order chi connectivity index (χ0) is 15.7. The Morgan fingerprint density at radius 2 is 1.77 bits per heavy atom.